The molecule has 0 aliphatic carbocycles. The van der Waals surface area contributed by atoms with Gasteiger partial charge in [0.1, 0.15) is 5.82 Å². The van der Waals surface area contributed by atoms with Gasteiger partial charge < -0.3 is 15.0 Å². The fraction of sp³-hybridized carbons (Fsp3) is 0.278. The number of amides is 1. The lowest BCUT2D eigenvalue weighted by molar-refractivity contribution is -0.147. The van der Waals surface area contributed by atoms with Gasteiger partial charge in [0.05, 0.1) is 17.2 Å². The van der Waals surface area contributed by atoms with E-state index in [4.69, 9.17) is 27.9 Å². The number of ether oxygens (including phenoxy) is 1. The zero-order chi connectivity index (χ0) is 19.5. The maximum Gasteiger partial charge on any atom is 0.336 e. The number of methoxy groups -OCH3 is 1. The minimum Gasteiger partial charge on any atom is -0.467 e. The molecule has 1 atom stereocenters. The van der Waals surface area contributed by atoms with E-state index in [1.807, 2.05) is 14.1 Å². The topological polar surface area (TPSA) is 71.5 Å². The molecular weight excluding hydrogens is 377 g/mol. The number of hydrogen-bond acceptors (Lipinski definition) is 5. The molecule has 2 aromatic rings. The lowest BCUT2D eigenvalue weighted by atomic mass is 9.91. The molecule has 138 valence electrons. The van der Waals surface area contributed by atoms with Crippen LogP contribution >= 0.6 is 23.2 Å². The molecule has 1 heterocycles. The van der Waals surface area contributed by atoms with Gasteiger partial charge in [-0.3, -0.25) is 4.79 Å². The molecule has 0 saturated heterocycles. The van der Waals surface area contributed by atoms with Crippen LogP contribution in [0.2, 0.25) is 10.0 Å². The van der Waals surface area contributed by atoms with E-state index in [1.165, 1.54) is 19.4 Å². The summed E-state index contributed by atoms with van der Waals surface area (Å²) >= 11 is 12.0. The molecular formula is C18H19Cl2N3O3. The van der Waals surface area contributed by atoms with Gasteiger partial charge in [0.15, 0.2) is 5.54 Å². The van der Waals surface area contributed by atoms with E-state index in [0.29, 0.717) is 22.0 Å². The fourth-order valence-corrected chi connectivity index (χ4v) is 2.65. The number of nitrogens with zero attached hydrogens (tertiary/aromatic N) is 2. The van der Waals surface area contributed by atoms with E-state index < -0.39 is 17.4 Å². The van der Waals surface area contributed by atoms with Crippen LogP contribution < -0.4 is 10.2 Å². The van der Waals surface area contributed by atoms with Crippen LogP contribution in [0.25, 0.3) is 0 Å². The molecule has 0 radical (unpaired) electrons. The number of aromatic nitrogens is 1. The lowest BCUT2D eigenvalue weighted by Gasteiger charge is -2.29. The Bertz CT molecular complexity index is 842. The molecule has 2 rings (SSSR count). The first-order valence-electron chi connectivity index (χ1n) is 7.69. The van der Waals surface area contributed by atoms with Gasteiger partial charge in [-0.15, -0.1) is 0 Å². The standard InChI is InChI=1S/C18H19Cl2N3O3/c1-18(17(25)26-4,12-5-6-13(19)14(20)10-12)22-16(24)11-7-8-21-15(9-11)23(2)3/h5-10H,1-4H3,(H,22,24)/t18-/m0/s1. The van der Waals surface area contributed by atoms with Gasteiger partial charge >= 0.3 is 5.97 Å². The molecule has 0 aliphatic rings. The fourth-order valence-electron chi connectivity index (χ4n) is 2.36. The molecule has 0 aliphatic heterocycles. The Morgan fingerprint density at radius 1 is 1.15 bits per heavy atom. The summed E-state index contributed by atoms with van der Waals surface area (Å²) in [6, 6.07) is 7.89. The number of hydrogen-bond donors (Lipinski definition) is 1. The van der Waals surface area contributed by atoms with Gasteiger partial charge in [0, 0.05) is 25.9 Å². The molecule has 0 unspecified atom stereocenters. The molecule has 8 heteroatoms. The van der Waals surface area contributed by atoms with Gasteiger partial charge in [-0.05, 0) is 36.8 Å². The first-order chi connectivity index (χ1) is 12.2. The Morgan fingerprint density at radius 2 is 1.85 bits per heavy atom. The summed E-state index contributed by atoms with van der Waals surface area (Å²) in [5, 5.41) is 3.34. The Balaban J connectivity index is 2.41. The largest absolute Gasteiger partial charge is 0.467 e. The van der Waals surface area contributed by atoms with Crippen LogP contribution in [0.15, 0.2) is 36.5 Å². The average Bonchev–Trinajstić information content (AvgIpc) is 2.63. The molecule has 26 heavy (non-hydrogen) atoms. The summed E-state index contributed by atoms with van der Waals surface area (Å²) in [4.78, 5) is 31.1. The first kappa shape index (κ1) is 20.0. The second-order valence-electron chi connectivity index (χ2n) is 6.00. The van der Waals surface area contributed by atoms with Crippen molar-refractivity contribution in [2.24, 2.45) is 0 Å². The van der Waals surface area contributed by atoms with E-state index in [-0.39, 0.29) is 5.02 Å². The first-order valence-corrected chi connectivity index (χ1v) is 8.44. The Hall–Kier alpha value is -2.31. The molecule has 6 nitrogen and oxygen atoms in total. The molecule has 0 spiro atoms. The van der Waals surface area contributed by atoms with Crippen LogP contribution in [0.5, 0.6) is 0 Å². The van der Waals surface area contributed by atoms with Crippen LogP contribution in [0.1, 0.15) is 22.8 Å². The van der Waals surface area contributed by atoms with E-state index in [9.17, 15) is 9.59 Å². The summed E-state index contributed by atoms with van der Waals surface area (Å²) in [5.74, 6) is -0.465. The van der Waals surface area contributed by atoms with Crippen molar-refractivity contribution >= 4 is 40.9 Å². The summed E-state index contributed by atoms with van der Waals surface area (Å²) in [6.45, 7) is 1.55. The Labute approximate surface area is 162 Å². The van der Waals surface area contributed by atoms with Gasteiger partial charge in [-0.1, -0.05) is 29.3 Å². The third-order valence-corrected chi connectivity index (χ3v) is 4.66. The van der Waals surface area contributed by atoms with Gasteiger partial charge in [-0.25, -0.2) is 9.78 Å². The van der Waals surface area contributed by atoms with Gasteiger partial charge in [0.2, 0.25) is 0 Å². The van der Waals surface area contributed by atoms with Crippen molar-refractivity contribution in [1.82, 2.24) is 10.3 Å². The van der Waals surface area contributed by atoms with Gasteiger partial charge in [0.25, 0.3) is 5.91 Å². The smallest absolute Gasteiger partial charge is 0.336 e. The molecule has 0 saturated carbocycles. The van der Waals surface area contributed by atoms with Crippen molar-refractivity contribution in [3.05, 3.63) is 57.7 Å². The molecule has 1 amide bonds. The number of esters is 1. The number of carbonyl (C=O) groups is 2. The number of halogens is 2. The number of rotatable bonds is 5. The third kappa shape index (κ3) is 4.08. The quantitative estimate of drug-likeness (QED) is 0.786. The highest BCUT2D eigenvalue weighted by atomic mass is 35.5. The normalized spacial score (nSPS) is 12.8. The van der Waals surface area contributed by atoms with Crippen molar-refractivity contribution in [2.45, 2.75) is 12.5 Å². The van der Waals surface area contributed by atoms with E-state index in [2.05, 4.69) is 10.3 Å². The minimum atomic E-state index is -1.44. The summed E-state index contributed by atoms with van der Waals surface area (Å²) in [7, 11) is 4.89. The number of anilines is 1. The van der Waals surface area contributed by atoms with Crippen LogP contribution in [0.4, 0.5) is 5.82 Å². The van der Waals surface area contributed by atoms with E-state index >= 15 is 0 Å². The van der Waals surface area contributed by atoms with Gasteiger partial charge in [-0.2, -0.15) is 0 Å². The highest BCUT2D eigenvalue weighted by molar-refractivity contribution is 6.42. The second-order valence-corrected chi connectivity index (χ2v) is 6.81. The van der Waals surface area contributed by atoms with Crippen LogP contribution in [0, 0.1) is 0 Å². The number of benzene rings is 1. The van der Waals surface area contributed by atoms with Crippen molar-refractivity contribution in [3.63, 3.8) is 0 Å². The average molecular weight is 396 g/mol. The maximum absolute atomic E-state index is 12.8. The zero-order valence-corrected chi connectivity index (χ0v) is 16.4. The predicted octanol–water partition coefficient (Wildman–Crippen LogP) is 3.27. The van der Waals surface area contributed by atoms with Crippen molar-refractivity contribution in [3.8, 4) is 0 Å². The molecule has 1 N–H and O–H groups in total. The summed E-state index contributed by atoms with van der Waals surface area (Å²) in [6.07, 6.45) is 1.53. The van der Waals surface area contributed by atoms with E-state index in [1.54, 1.807) is 36.1 Å². The number of nitrogens with one attached hydrogen (secondary N) is 1. The van der Waals surface area contributed by atoms with Crippen molar-refractivity contribution in [2.75, 3.05) is 26.1 Å². The zero-order valence-electron chi connectivity index (χ0n) is 14.8. The number of carbonyl (C=O) groups excluding carboxylic acids is 2. The van der Waals surface area contributed by atoms with Crippen molar-refractivity contribution in [1.29, 1.82) is 0 Å². The Morgan fingerprint density at radius 3 is 2.42 bits per heavy atom. The maximum atomic E-state index is 12.8. The SMILES string of the molecule is COC(=O)[C@@](C)(NC(=O)c1ccnc(N(C)C)c1)c1ccc(Cl)c(Cl)c1. The highest BCUT2D eigenvalue weighted by Gasteiger charge is 2.38. The van der Waals surface area contributed by atoms with Crippen LogP contribution in [-0.4, -0.2) is 38.1 Å². The molecule has 0 bridgehead atoms. The molecule has 1 aromatic heterocycles. The van der Waals surface area contributed by atoms with Crippen LogP contribution in [-0.2, 0) is 15.1 Å². The highest BCUT2D eigenvalue weighted by Crippen LogP contribution is 2.30. The Kier molecular flexibility index (Phi) is 6.10. The van der Waals surface area contributed by atoms with Crippen molar-refractivity contribution < 1.29 is 14.3 Å². The summed E-state index contributed by atoms with van der Waals surface area (Å²) < 4.78 is 4.89. The number of pyridine rings is 1. The van der Waals surface area contributed by atoms with Crippen LogP contribution in [0.3, 0.4) is 0 Å². The monoisotopic (exact) mass is 395 g/mol. The minimum absolute atomic E-state index is 0.271. The second kappa shape index (κ2) is 7.93. The predicted molar refractivity (Wildman–Crippen MR) is 102 cm³/mol. The lowest BCUT2D eigenvalue weighted by Crippen LogP contribution is -2.50. The third-order valence-electron chi connectivity index (χ3n) is 3.92. The summed E-state index contributed by atoms with van der Waals surface area (Å²) in [5.41, 5.74) is -0.630. The molecule has 1 aromatic carbocycles. The van der Waals surface area contributed by atoms with E-state index in [0.717, 1.165) is 0 Å². The molecule has 0 fully saturated rings.